The Hall–Kier alpha value is 0.898. The molecule has 0 aromatic heterocycles. The Morgan fingerprint density at radius 2 is 1.00 bits per heavy atom. The van der Waals surface area contributed by atoms with E-state index in [2.05, 4.69) is 9.42 Å². The van der Waals surface area contributed by atoms with Crippen molar-refractivity contribution < 1.29 is 18.8 Å². The van der Waals surface area contributed by atoms with Crippen LogP contribution in [0, 0.1) is 0 Å². The van der Waals surface area contributed by atoms with Gasteiger partial charge in [-0.05, 0) is 0 Å². The van der Waals surface area contributed by atoms with Crippen LogP contribution in [0.5, 0.6) is 0 Å². The molecule has 0 heterocycles. The van der Waals surface area contributed by atoms with Gasteiger partial charge in [-0.1, -0.05) is 0 Å². The normalized spacial score (nSPS) is 1.75. The van der Waals surface area contributed by atoms with E-state index in [4.69, 9.17) is 0 Å². The van der Waals surface area contributed by atoms with Crippen LogP contribution in [0.25, 0.3) is 12.3 Å². The fourth-order valence-corrected chi connectivity index (χ4v) is 0. The predicted octanol–water partition coefficient (Wildman–Crippen LogP) is 2.12. The maximum absolute atomic E-state index is 4.61. The number of halogens is 1. The van der Waals surface area contributed by atoms with Crippen LogP contribution in [0.2, 0.25) is 0 Å². The zero-order chi connectivity index (χ0) is 2.00. The summed E-state index contributed by atoms with van der Waals surface area (Å²) in [5.74, 6) is 0. The zero-order valence-corrected chi connectivity index (χ0v) is 4.88. The molecule has 0 aromatic rings. The summed E-state index contributed by atoms with van der Waals surface area (Å²) in [4.78, 5) is 0. The Balaban J connectivity index is -0.00000000500. The summed E-state index contributed by atoms with van der Waals surface area (Å²) in [6.45, 7) is 0. The molecule has 0 unspecified atom stereocenters. The molecule has 33 valence electrons. The van der Waals surface area contributed by atoms with Crippen LogP contribution >= 0.6 is 9.42 Å². The van der Waals surface area contributed by atoms with E-state index in [0.717, 1.165) is 0 Å². The van der Waals surface area contributed by atoms with E-state index in [-0.39, 0.29) is 12.3 Å². The maximum Gasteiger partial charge on any atom is -0.693 e. The van der Waals surface area contributed by atoms with Gasteiger partial charge >= 0.3 is 28.2 Å². The van der Waals surface area contributed by atoms with Gasteiger partial charge < -0.3 is 12.3 Å². The molecule has 0 spiro atoms. The molecule has 0 aromatic carbocycles. The van der Waals surface area contributed by atoms with Gasteiger partial charge in [0.2, 0.25) is 0 Å². The van der Waals surface area contributed by atoms with Gasteiger partial charge in [0, 0.05) is 0 Å². The summed E-state index contributed by atoms with van der Waals surface area (Å²) in [7, 11) is 4.61. The van der Waals surface area contributed by atoms with Crippen molar-refractivity contribution in [2.24, 2.45) is 0 Å². The standard InChI is InChI=1S/ClH.2H2N.Pt/h1H;2*1H2;/q;2*-1;+1/p-1. The molecule has 0 amide bonds. The predicted molar refractivity (Wildman–Crippen MR) is 16.4 cm³/mol. The third-order valence-electron chi connectivity index (χ3n) is 0. The molecule has 0 aliphatic heterocycles. The Morgan fingerprint density at radius 1 is 1.00 bits per heavy atom. The SMILES string of the molecule is [Cl][Pt].[NH2-].[NH2-]. The third kappa shape index (κ3) is 12.9. The van der Waals surface area contributed by atoms with Gasteiger partial charge in [0.15, 0.2) is 0 Å². The summed E-state index contributed by atoms with van der Waals surface area (Å²) in [6, 6.07) is 0. The molecule has 0 bridgehead atoms. The molecule has 0 aliphatic carbocycles. The quantitative estimate of drug-likeness (QED) is 0.642. The number of hydrogen-bond donors (Lipinski definition) is 0. The monoisotopic (exact) mass is 262 g/mol. The first-order valence-electron chi connectivity index (χ1n) is 0.120. The van der Waals surface area contributed by atoms with Gasteiger partial charge in [-0.3, -0.25) is 0 Å². The summed E-state index contributed by atoms with van der Waals surface area (Å²) in [6.07, 6.45) is 0. The van der Waals surface area contributed by atoms with Gasteiger partial charge in [-0.2, -0.15) is 0 Å². The first-order valence-corrected chi connectivity index (χ1v) is 2.94. The average Bonchev–Trinajstić information content (AvgIpc) is 1.00. The minimum atomic E-state index is 0. The van der Waals surface area contributed by atoms with Crippen molar-refractivity contribution in [3.05, 3.63) is 12.3 Å². The van der Waals surface area contributed by atoms with E-state index in [9.17, 15) is 0 Å². The largest absolute Gasteiger partial charge is 0.693 e. The first kappa shape index (κ1) is 20.7. The molecule has 4 heteroatoms. The zero-order valence-electron chi connectivity index (χ0n) is 1.85. The van der Waals surface area contributed by atoms with Crippen molar-refractivity contribution in [1.82, 2.24) is 0 Å². The summed E-state index contributed by atoms with van der Waals surface area (Å²) >= 11 is 1.61. The summed E-state index contributed by atoms with van der Waals surface area (Å²) in [5.41, 5.74) is 0. The average molecular weight is 263 g/mol. The minimum absolute atomic E-state index is 0. The Kier molecular flexibility index (Phi) is 210. The maximum atomic E-state index is 4.61. The van der Waals surface area contributed by atoms with Gasteiger partial charge in [-0.25, -0.2) is 0 Å². The smallest absolute Gasteiger partial charge is 0.693 e. The third-order valence-corrected chi connectivity index (χ3v) is 0. The van der Waals surface area contributed by atoms with E-state index in [0.29, 0.717) is 0 Å². The number of nitrogens with two attached hydrogens (primary N) is 2. The van der Waals surface area contributed by atoms with Crippen molar-refractivity contribution >= 4 is 9.42 Å². The van der Waals surface area contributed by atoms with Crippen LogP contribution in [0.15, 0.2) is 0 Å². The van der Waals surface area contributed by atoms with Crippen molar-refractivity contribution in [3.63, 3.8) is 0 Å². The molecule has 0 saturated heterocycles. The van der Waals surface area contributed by atoms with E-state index in [1.54, 1.807) is 18.8 Å². The molecule has 0 radical (unpaired) electrons. The fraction of sp³-hybridized carbons (Fsp3) is 0. The molecular formula is H4ClN2Pt-2. The topological polar surface area (TPSA) is 67.0 Å². The molecule has 2 nitrogen and oxygen atoms in total. The van der Waals surface area contributed by atoms with Gasteiger partial charge in [0.05, 0.1) is 0 Å². The van der Waals surface area contributed by atoms with Crippen molar-refractivity contribution in [2.45, 2.75) is 0 Å². The van der Waals surface area contributed by atoms with E-state index in [1.807, 2.05) is 0 Å². The summed E-state index contributed by atoms with van der Waals surface area (Å²) < 4.78 is 0. The van der Waals surface area contributed by atoms with Gasteiger partial charge in [0.1, 0.15) is 0 Å². The fourth-order valence-electron chi connectivity index (χ4n) is 0. The molecular weight excluding hydrogens is 259 g/mol. The van der Waals surface area contributed by atoms with Gasteiger partial charge in [0.25, 0.3) is 0 Å². The molecule has 0 aliphatic rings. The molecule has 0 fully saturated rings. The van der Waals surface area contributed by atoms with Gasteiger partial charge in [-0.15, -0.1) is 0 Å². The van der Waals surface area contributed by atoms with Crippen LogP contribution in [-0.2, 0) is 18.8 Å². The molecule has 0 rings (SSSR count). The van der Waals surface area contributed by atoms with Crippen molar-refractivity contribution in [3.8, 4) is 0 Å². The number of hydrogen-bond acceptors (Lipinski definition) is 0. The molecule has 0 saturated carbocycles. The molecule has 0 atom stereocenters. The van der Waals surface area contributed by atoms with Crippen LogP contribution in [-0.4, -0.2) is 0 Å². The van der Waals surface area contributed by atoms with Crippen molar-refractivity contribution in [2.75, 3.05) is 0 Å². The van der Waals surface area contributed by atoms with E-state index in [1.165, 1.54) is 0 Å². The molecule has 4 N–H and O–H groups in total. The van der Waals surface area contributed by atoms with Crippen LogP contribution in [0.1, 0.15) is 0 Å². The number of rotatable bonds is 0. The second-order valence-corrected chi connectivity index (χ2v) is 0. The van der Waals surface area contributed by atoms with Crippen LogP contribution in [0.4, 0.5) is 0 Å². The second-order valence-electron chi connectivity index (χ2n) is 0. The summed E-state index contributed by atoms with van der Waals surface area (Å²) in [5, 5.41) is 0. The minimum Gasteiger partial charge on any atom is -0.693 e. The van der Waals surface area contributed by atoms with Crippen molar-refractivity contribution in [1.29, 1.82) is 0 Å². The Bertz CT molecular complexity index is 6.00. The molecule has 4 heavy (non-hydrogen) atoms. The van der Waals surface area contributed by atoms with Crippen LogP contribution < -0.4 is 0 Å². The first-order chi connectivity index (χ1) is 1.00. The Morgan fingerprint density at radius 3 is 1.00 bits per heavy atom. The van der Waals surface area contributed by atoms with E-state index < -0.39 is 0 Å². The van der Waals surface area contributed by atoms with E-state index >= 15 is 0 Å². The Labute approximate surface area is 40.9 Å². The van der Waals surface area contributed by atoms with Crippen LogP contribution in [0.3, 0.4) is 0 Å². The second kappa shape index (κ2) is 40.6.